The van der Waals surface area contributed by atoms with Crippen LogP contribution in [-0.2, 0) is 4.74 Å². The molecule has 3 N–H and O–H groups in total. The van der Waals surface area contributed by atoms with E-state index in [1.54, 1.807) is 6.92 Å². The maximum Gasteiger partial charge on any atom is 0.144 e. The Kier molecular flexibility index (Phi) is 22.2. The van der Waals surface area contributed by atoms with Crippen LogP contribution in [0.3, 0.4) is 0 Å². The SMILES string of the molecule is CCCCCCCCCCCCC#CC(OC(C)CCCCO)C(O)CCCC(C)O. The second kappa shape index (κ2) is 22.6. The number of hydrogen-bond donors (Lipinski definition) is 3. The first-order valence-electron chi connectivity index (χ1n) is 13.1. The minimum atomic E-state index is -0.626. The summed E-state index contributed by atoms with van der Waals surface area (Å²) in [5.74, 6) is 6.41. The number of rotatable bonds is 21. The molecule has 0 aliphatic heterocycles. The van der Waals surface area contributed by atoms with Crippen molar-refractivity contribution in [1.29, 1.82) is 0 Å². The highest BCUT2D eigenvalue weighted by Crippen LogP contribution is 2.15. The fourth-order valence-electron chi connectivity index (χ4n) is 3.73. The van der Waals surface area contributed by atoms with Gasteiger partial charge in [-0.15, -0.1) is 5.92 Å². The standard InChI is InChI=1S/C27H52O4/c1-4-5-6-7-8-9-10-11-12-13-14-15-22-27(26(30)21-18-19-24(2)29)31-25(3)20-16-17-23-28/h24-30H,4-14,16-21,23H2,1-3H3. The largest absolute Gasteiger partial charge is 0.396 e. The minimum absolute atomic E-state index is 0.00888. The molecular weight excluding hydrogens is 388 g/mol. The maximum absolute atomic E-state index is 10.6. The lowest BCUT2D eigenvalue weighted by molar-refractivity contribution is -0.0476. The average molecular weight is 441 g/mol. The van der Waals surface area contributed by atoms with E-state index in [4.69, 9.17) is 9.84 Å². The molecular formula is C27H52O4. The lowest BCUT2D eigenvalue weighted by atomic mass is 10.0. The van der Waals surface area contributed by atoms with Crippen LogP contribution in [0, 0.1) is 11.8 Å². The van der Waals surface area contributed by atoms with E-state index in [9.17, 15) is 10.2 Å². The van der Waals surface area contributed by atoms with Crippen molar-refractivity contribution in [2.75, 3.05) is 6.61 Å². The fourth-order valence-corrected chi connectivity index (χ4v) is 3.73. The first-order valence-corrected chi connectivity index (χ1v) is 13.1. The first kappa shape index (κ1) is 30.4. The van der Waals surface area contributed by atoms with Crippen LogP contribution in [0.15, 0.2) is 0 Å². The highest BCUT2D eigenvalue weighted by atomic mass is 16.5. The molecule has 4 unspecified atom stereocenters. The molecule has 184 valence electrons. The van der Waals surface area contributed by atoms with Gasteiger partial charge in [0.25, 0.3) is 0 Å². The number of aliphatic hydroxyl groups excluding tert-OH is 3. The van der Waals surface area contributed by atoms with Gasteiger partial charge in [-0.05, 0) is 58.8 Å². The zero-order valence-electron chi connectivity index (χ0n) is 20.8. The van der Waals surface area contributed by atoms with E-state index in [0.717, 1.165) is 38.5 Å². The maximum atomic E-state index is 10.6. The Balaban J connectivity index is 4.20. The van der Waals surface area contributed by atoms with Crippen LogP contribution in [0.25, 0.3) is 0 Å². The summed E-state index contributed by atoms with van der Waals surface area (Å²) in [4.78, 5) is 0. The van der Waals surface area contributed by atoms with Crippen molar-refractivity contribution in [1.82, 2.24) is 0 Å². The average Bonchev–Trinajstić information content (AvgIpc) is 2.73. The second-order valence-corrected chi connectivity index (χ2v) is 9.19. The number of unbranched alkanes of at least 4 members (excludes halogenated alkanes) is 11. The zero-order chi connectivity index (χ0) is 23.2. The van der Waals surface area contributed by atoms with Crippen molar-refractivity contribution < 1.29 is 20.1 Å². The minimum Gasteiger partial charge on any atom is -0.396 e. The summed E-state index contributed by atoms with van der Waals surface area (Å²) in [5.41, 5.74) is 0. The summed E-state index contributed by atoms with van der Waals surface area (Å²) < 4.78 is 6.05. The summed E-state index contributed by atoms with van der Waals surface area (Å²) >= 11 is 0. The van der Waals surface area contributed by atoms with Gasteiger partial charge in [0.05, 0.1) is 18.3 Å². The van der Waals surface area contributed by atoms with Gasteiger partial charge in [-0.3, -0.25) is 0 Å². The van der Waals surface area contributed by atoms with Gasteiger partial charge in [0.1, 0.15) is 6.10 Å². The number of hydrogen-bond acceptors (Lipinski definition) is 4. The van der Waals surface area contributed by atoms with Gasteiger partial charge in [-0.1, -0.05) is 70.6 Å². The third-order valence-electron chi connectivity index (χ3n) is 5.77. The van der Waals surface area contributed by atoms with Crippen molar-refractivity contribution in [3.8, 4) is 11.8 Å². The molecule has 31 heavy (non-hydrogen) atoms. The molecule has 0 aliphatic carbocycles. The Labute approximate surface area is 193 Å². The van der Waals surface area contributed by atoms with Crippen LogP contribution in [0.4, 0.5) is 0 Å². The lowest BCUT2D eigenvalue weighted by Crippen LogP contribution is -2.31. The highest BCUT2D eigenvalue weighted by molar-refractivity contribution is 5.07. The topological polar surface area (TPSA) is 69.9 Å². The van der Waals surface area contributed by atoms with Crippen molar-refractivity contribution in [3.05, 3.63) is 0 Å². The molecule has 0 rings (SSSR count). The Morgan fingerprint density at radius 2 is 1.32 bits per heavy atom. The van der Waals surface area contributed by atoms with Gasteiger partial charge in [0, 0.05) is 13.0 Å². The molecule has 0 aromatic carbocycles. The van der Waals surface area contributed by atoms with E-state index < -0.39 is 12.2 Å². The Hall–Kier alpha value is -0.600. The van der Waals surface area contributed by atoms with Crippen LogP contribution in [-0.4, -0.2) is 46.3 Å². The molecule has 0 aliphatic rings. The molecule has 0 fully saturated rings. The molecule has 4 heteroatoms. The van der Waals surface area contributed by atoms with Gasteiger partial charge < -0.3 is 20.1 Å². The van der Waals surface area contributed by atoms with E-state index in [1.807, 2.05) is 6.92 Å². The quantitative estimate of drug-likeness (QED) is 0.148. The molecule has 4 nitrogen and oxygen atoms in total. The molecule has 0 saturated heterocycles. The number of ether oxygens (including phenoxy) is 1. The third kappa shape index (κ3) is 21.0. The van der Waals surface area contributed by atoms with Gasteiger partial charge in [-0.25, -0.2) is 0 Å². The molecule has 0 heterocycles. The summed E-state index contributed by atoms with van der Waals surface area (Å²) in [5, 5.41) is 29.0. The summed E-state index contributed by atoms with van der Waals surface area (Å²) in [6, 6.07) is 0. The molecule has 0 bridgehead atoms. The summed E-state index contributed by atoms with van der Waals surface area (Å²) in [7, 11) is 0. The van der Waals surface area contributed by atoms with Gasteiger partial charge in [0.15, 0.2) is 0 Å². The molecule has 0 spiro atoms. The van der Waals surface area contributed by atoms with Crippen LogP contribution in [0.1, 0.15) is 130 Å². The van der Waals surface area contributed by atoms with Crippen molar-refractivity contribution >= 4 is 0 Å². The molecule has 0 aromatic heterocycles. The number of aliphatic hydroxyl groups is 3. The summed E-state index contributed by atoms with van der Waals surface area (Å²) in [6.45, 7) is 6.25. The zero-order valence-corrected chi connectivity index (χ0v) is 20.8. The van der Waals surface area contributed by atoms with Crippen molar-refractivity contribution in [2.45, 2.75) is 154 Å². The van der Waals surface area contributed by atoms with E-state index in [1.165, 1.54) is 57.8 Å². The van der Waals surface area contributed by atoms with Gasteiger partial charge in [-0.2, -0.15) is 0 Å². The second-order valence-electron chi connectivity index (χ2n) is 9.19. The molecule has 0 amide bonds. The monoisotopic (exact) mass is 440 g/mol. The highest BCUT2D eigenvalue weighted by Gasteiger charge is 2.20. The lowest BCUT2D eigenvalue weighted by Gasteiger charge is -2.23. The molecule has 0 saturated carbocycles. The van der Waals surface area contributed by atoms with E-state index in [-0.39, 0.29) is 18.8 Å². The van der Waals surface area contributed by atoms with Crippen LogP contribution in [0.5, 0.6) is 0 Å². The van der Waals surface area contributed by atoms with Crippen molar-refractivity contribution in [2.24, 2.45) is 0 Å². The predicted octanol–water partition coefficient (Wildman–Crippen LogP) is 6.15. The normalized spacial score (nSPS) is 15.2. The fraction of sp³-hybridized carbons (Fsp3) is 0.926. The van der Waals surface area contributed by atoms with E-state index >= 15 is 0 Å². The van der Waals surface area contributed by atoms with Crippen LogP contribution >= 0.6 is 0 Å². The first-order chi connectivity index (χ1) is 15.0. The molecule has 4 atom stereocenters. The molecule has 0 aromatic rings. The summed E-state index contributed by atoms with van der Waals surface area (Å²) in [6.07, 6.45) is 17.2. The predicted molar refractivity (Wildman–Crippen MR) is 131 cm³/mol. The Morgan fingerprint density at radius 1 is 0.710 bits per heavy atom. The Morgan fingerprint density at radius 3 is 1.90 bits per heavy atom. The van der Waals surface area contributed by atoms with Crippen LogP contribution in [0.2, 0.25) is 0 Å². The van der Waals surface area contributed by atoms with Crippen LogP contribution < -0.4 is 0 Å². The Bertz CT molecular complexity index is 427. The third-order valence-corrected chi connectivity index (χ3v) is 5.77. The van der Waals surface area contributed by atoms with E-state index in [0.29, 0.717) is 12.8 Å². The smallest absolute Gasteiger partial charge is 0.144 e. The van der Waals surface area contributed by atoms with Crippen molar-refractivity contribution in [3.63, 3.8) is 0 Å². The van der Waals surface area contributed by atoms with E-state index in [2.05, 4.69) is 18.8 Å². The van der Waals surface area contributed by atoms with Gasteiger partial charge in [0.2, 0.25) is 0 Å². The molecule has 0 radical (unpaired) electrons. The van der Waals surface area contributed by atoms with Gasteiger partial charge >= 0.3 is 0 Å².